The van der Waals surface area contributed by atoms with Gasteiger partial charge >= 0.3 is 0 Å². The van der Waals surface area contributed by atoms with Gasteiger partial charge in [-0.2, -0.15) is 0 Å². The molecule has 1 heterocycles. The molecule has 3 atom stereocenters. The van der Waals surface area contributed by atoms with E-state index in [2.05, 4.69) is 17.0 Å². The van der Waals surface area contributed by atoms with Gasteiger partial charge in [-0.1, -0.05) is 102 Å². The molecule has 0 saturated carbocycles. The maximum absolute atomic E-state index is 13.4. The molecule has 3 rings (SSSR count). The fourth-order valence-corrected chi connectivity index (χ4v) is 6.88. The number of sulfonamides is 1. The highest BCUT2D eigenvalue weighted by molar-refractivity contribution is 7.89. The van der Waals surface area contributed by atoms with Crippen molar-refractivity contribution >= 4 is 21.4 Å². The molecule has 2 N–H and O–H groups in total. The molecular weight excluding hydrogens is 566 g/mol. The monoisotopic (exact) mass is 617 g/mol. The number of hydrogen-bond donors (Lipinski definition) is 2. The molecule has 240 valence electrons. The first kappa shape index (κ1) is 35.0. The minimum atomic E-state index is -4.00. The summed E-state index contributed by atoms with van der Waals surface area (Å²) >= 11 is 0. The van der Waals surface area contributed by atoms with Crippen LogP contribution in [0.1, 0.15) is 104 Å². The summed E-state index contributed by atoms with van der Waals surface area (Å²) in [6.07, 6.45) is 15.1. The fraction of sp³-hybridized carbons (Fsp3) is 0.636. The molecule has 2 aromatic carbocycles. The molecule has 1 aliphatic rings. The van der Waals surface area contributed by atoms with E-state index in [9.17, 15) is 18.5 Å². The highest BCUT2D eigenvalue weighted by atomic mass is 32.2. The quantitative estimate of drug-likeness (QED) is 0.0828. The van der Waals surface area contributed by atoms with E-state index in [4.69, 9.17) is 9.47 Å². The molecule has 2 aromatic rings. The second kappa shape index (κ2) is 17.7. The smallest absolute Gasteiger partial charge is 0.269 e. The molecule has 0 amide bonds. The second-order valence-electron chi connectivity index (χ2n) is 12.0. The summed E-state index contributed by atoms with van der Waals surface area (Å²) in [5.41, 5.74) is 0.690. The van der Waals surface area contributed by atoms with Crippen molar-refractivity contribution in [3.05, 3.63) is 64.7 Å². The van der Waals surface area contributed by atoms with Crippen LogP contribution in [0.15, 0.2) is 59.5 Å². The number of anilines is 1. The first-order valence-electron chi connectivity index (χ1n) is 16.0. The maximum Gasteiger partial charge on any atom is 0.269 e. The summed E-state index contributed by atoms with van der Waals surface area (Å²) in [6.45, 7) is 6.24. The molecule has 0 radical (unpaired) electrons. The average Bonchev–Trinajstić information content (AvgIpc) is 3.30. The van der Waals surface area contributed by atoms with Crippen molar-refractivity contribution < 1.29 is 22.8 Å². The zero-order valence-corrected chi connectivity index (χ0v) is 26.9. The first-order valence-corrected chi connectivity index (χ1v) is 17.5. The third-order valence-electron chi connectivity index (χ3n) is 7.92. The number of nitro benzene ring substituents is 1. The second-order valence-corrected chi connectivity index (χ2v) is 13.8. The van der Waals surface area contributed by atoms with Crippen LogP contribution in [0.4, 0.5) is 11.4 Å². The van der Waals surface area contributed by atoms with E-state index in [1.165, 1.54) is 88.5 Å². The minimum Gasteiger partial charge on any atom is -0.383 e. The van der Waals surface area contributed by atoms with E-state index in [0.29, 0.717) is 0 Å². The summed E-state index contributed by atoms with van der Waals surface area (Å²) in [5.74, 6) is -0.851. The van der Waals surface area contributed by atoms with Crippen molar-refractivity contribution in [2.75, 3.05) is 11.9 Å². The Hall–Kier alpha value is -2.53. The molecule has 1 saturated heterocycles. The predicted octanol–water partition coefficient (Wildman–Crippen LogP) is 7.97. The SMILES string of the molecule is CCCCCCCCCCCCCC[C@H]1OC(C)(C)O[C@H]1[C@H](CNc1ccccc1)NS(=O)(=O)c1ccc([N+](=O)[O-])cc1. The minimum absolute atomic E-state index is 0.0431. The van der Waals surface area contributed by atoms with Crippen LogP contribution in [0.5, 0.6) is 0 Å². The van der Waals surface area contributed by atoms with Gasteiger partial charge in [0.05, 0.1) is 22.0 Å². The van der Waals surface area contributed by atoms with E-state index in [-0.39, 0.29) is 23.2 Å². The summed E-state index contributed by atoms with van der Waals surface area (Å²) < 4.78 is 42.3. The Labute approximate surface area is 258 Å². The Balaban J connectivity index is 1.59. The van der Waals surface area contributed by atoms with Crippen LogP contribution in [0.2, 0.25) is 0 Å². The summed E-state index contributed by atoms with van der Waals surface area (Å²) in [4.78, 5) is 10.5. The van der Waals surface area contributed by atoms with Gasteiger partial charge in [-0.05, 0) is 44.5 Å². The van der Waals surface area contributed by atoms with Crippen molar-refractivity contribution in [3.63, 3.8) is 0 Å². The maximum atomic E-state index is 13.4. The Bertz CT molecular complexity index is 1190. The Morgan fingerprint density at radius 2 is 1.40 bits per heavy atom. The number of hydrogen-bond acceptors (Lipinski definition) is 7. The number of non-ortho nitro benzene ring substituents is 1. The van der Waals surface area contributed by atoms with E-state index in [1.807, 2.05) is 44.2 Å². The number of rotatable bonds is 21. The number of para-hydroxylation sites is 1. The number of nitro groups is 1. The number of unbranched alkanes of at least 4 members (excludes halogenated alkanes) is 11. The van der Waals surface area contributed by atoms with Gasteiger partial charge in [0, 0.05) is 24.4 Å². The highest BCUT2D eigenvalue weighted by Crippen LogP contribution is 2.33. The zero-order valence-electron chi connectivity index (χ0n) is 26.1. The van der Waals surface area contributed by atoms with Crippen molar-refractivity contribution in [3.8, 4) is 0 Å². The molecule has 0 spiro atoms. The predicted molar refractivity (Wildman–Crippen MR) is 172 cm³/mol. The normalized spacial score (nSPS) is 18.9. The summed E-state index contributed by atoms with van der Waals surface area (Å²) in [5, 5.41) is 14.4. The van der Waals surface area contributed by atoms with Gasteiger partial charge < -0.3 is 14.8 Å². The standard InChI is InChI=1S/C33H51N3O6S/c1-4-5-6-7-8-9-10-11-12-13-14-18-21-31-32(42-33(2,3)41-31)30(26-34-27-19-16-15-17-20-27)35-43(39,40)29-24-22-28(23-25-29)36(37)38/h15-17,19-20,22-25,30-32,34-35H,4-14,18,21,26H2,1-3H3/t30-,31+,32-/m0/s1. The Morgan fingerprint density at radius 3 is 1.95 bits per heavy atom. The van der Waals surface area contributed by atoms with Crippen LogP contribution < -0.4 is 10.0 Å². The molecule has 0 unspecified atom stereocenters. The number of nitrogens with zero attached hydrogens (tertiary/aromatic N) is 1. The number of nitrogens with one attached hydrogen (secondary N) is 2. The van der Waals surface area contributed by atoms with Crippen LogP contribution in [0.25, 0.3) is 0 Å². The van der Waals surface area contributed by atoms with E-state index < -0.39 is 32.9 Å². The molecule has 0 bridgehead atoms. The van der Waals surface area contributed by atoms with Gasteiger partial charge in [0.1, 0.15) is 6.10 Å². The molecule has 10 heteroatoms. The van der Waals surface area contributed by atoms with Crippen LogP contribution in [-0.4, -0.2) is 43.9 Å². The summed E-state index contributed by atoms with van der Waals surface area (Å²) in [6, 6.07) is 13.8. The van der Waals surface area contributed by atoms with Crippen molar-refractivity contribution in [2.45, 2.75) is 133 Å². The lowest BCUT2D eigenvalue weighted by Crippen LogP contribution is -2.51. The van der Waals surface area contributed by atoms with E-state index in [1.54, 1.807) is 0 Å². The van der Waals surface area contributed by atoms with E-state index >= 15 is 0 Å². The average molecular weight is 618 g/mol. The lowest BCUT2D eigenvalue weighted by atomic mass is 9.99. The molecule has 0 aliphatic carbocycles. The van der Waals surface area contributed by atoms with Gasteiger partial charge in [-0.25, -0.2) is 13.1 Å². The number of ether oxygens (including phenoxy) is 2. The molecule has 0 aromatic heterocycles. The van der Waals surface area contributed by atoms with Gasteiger partial charge in [0.15, 0.2) is 5.79 Å². The van der Waals surface area contributed by atoms with Gasteiger partial charge in [0.25, 0.3) is 5.69 Å². The highest BCUT2D eigenvalue weighted by Gasteiger charge is 2.45. The first-order chi connectivity index (χ1) is 20.6. The lowest BCUT2D eigenvalue weighted by Gasteiger charge is -2.28. The number of benzene rings is 2. The van der Waals surface area contributed by atoms with Crippen molar-refractivity contribution in [2.24, 2.45) is 0 Å². The largest absolute Gasteiger partial charge is 0.383 e. The molecule has 9 nitrogen and oxygen atoms in total. The molecule has 1 fully saturated rings. The zero-order chi connectivity index (χ0) is 31.1. The van der Waals surface area contributed by atoms with Crippen molar-refractivity contribution in [1.82, 2.24) is 4.72 Å². The molecule has 1 aliphatic heterocycles. The van der Waals surface area contributed by atoms with E-state index in [0.717, 1.165) is 24.9 Å². The van der Waals surface area contributed by atoms with Crippen LogP contribution >= 0.6 is 0 Å². The van der Waals surface area contributed by atoms with Crippen LogP contribution in [0.3, 0.4) is 0 Å². The summed E-state index contributed by atoms with van der Waals surface area (Å²) in [7, 11) is -4.00. The Morgan fingerprint density at radius 1 is 0.837 bits per heavy atom. The molecular formula is C33H51N3O6S. The third kappa shape index (κ3) is 12.2. The van der Waals surface area contributed by atoms with Gasteiger partial charge in [-0.3, -0.25) is 10.1 Å². The van der Waals surface area contributed by atoms with Gasteiger partial charge in [0.2, 0.25) is 10.0 Å². The van der Waals surface area contributed by atoms with Gasteiger partial charge in [-0.15, -0.1) is 0 Å². The van der Waals surface area contributed by atoms with Crippen LogP contribution in [-0.2, 0) is 19.5 Å². The molecule has 43 heavy (non-hydrogen) atoms. The topological polar surface area (TPSA) is 120 Å². The third-order valence-corrected chi connectivity index (χ3v) is 9.43. The Kier molecular flexibility index (Phi) is 14.4. The van der Waals surface area contributed by atoms with Crippen LogP contribution in [0, 0.1) is 10.1 Å². The van der Waals surface area contributed by atoms with Crippen molar-refractivity contribution in [1.29, 1.82) is 0 Å². The lowest BCUT2D eigenvalue weighted by molar-refractivity contribution is -0.384. The fourth-order valence-electron chi connectivity index (χ4n) is 5.64.